The van der Waals surface area contributed by atoms with Gasteiger partial charge >= 0.3 is 0 Å². The maximum atomic E-state index is 13.1. The summed E-state index contributed by atoms with van der Waals surface area (Å²) in [7, 11) is 0. The Balaban J connectivity index is 2.19. The van der Waals surface area contributed by atoms with E-state index in [0.29, 0.717) is 16.7 Å². The molecule has 0 amide bonds. The van der Waals surface area contributed by atoms with Gasteiger partial charge in [-0.3, -0.25) is 4.79 Å². The summed E-state index contributed by atoms with van der Waals surface area (Å²) in [5, 5.41) is 8.99. The van der Waals surface area contributed by atoms with Crippen molar-refractivity contribution in [3.8, 4) is 0 Å². The van der Waals surface area contributed by atoms with Gasteiger partial charge in [-0.25, -0.2) is 9.49 Å². The first-order valence-corrected chi connectivity index (χ1v) is 6.57. The highest BCUT2D eigenvalue weighted by atomic mass is 79.9. The van der Waals surface area contributed by atoms with Gasteiger partial charge in [-0.15, -0.1) is 0 Å². The molecular weight excluding hydrogens is 369 g/mol. The molecule has 0 radical (unpaired) electrons. The third-order valence-electron chi connectivity index (χ3n) is 2.27. The fraction of sp³-hybridized carbons (Fsp3) is 0.0909. The molecule has 0 aliphatic carbocycles. The second kappa shape index (κ2) is 5.62. The van der Waals surface area contributed by atoms with Crippen LogP contribution in [0.25, 0.3) is 0 Å². The Kier molecular flexibility index (Phi) is 4.13. The van der Waals surface area contributed by atoms with E-state index >= 15 is 0 Å². The second-order valence-electron chi connectivity index (χ2n) is 3.52. The average Bonchev–Trinajstić information content (AvgIpc) is 2.35. The number of nitrogens with zero attached hydrogens (tertiary/aromatic N) is 1. The van der Waals surface area contributed by atoms with Gasteiger partial charge in [-0.2, -0.15) is 5.10 Å². The van der Waals surface area contributed by atoms with Gasteiger partial charge in [0.25, 0.3) is 5.56 Å². The smallest absolute Gasteiger partial charge is 0.280 e. The number of aromatic nitrogens is 2. The average molecular weight is 377 g/mol. The van der Waals surface area contributed by atoms with Crippen molar-refractivity contribution in [2.45, 2.75) is 6.54 Å². The number of halogens is 3. The van der Waals surface area contributed by atoms with Crippen molar-refractivity contribution >= 4 is 37.5 Å². The molecule has 0 saturated heterocycles. The minimum atomic E-state index is -0.321. The number of nitrogens with one attached hydrogen (secondary N) is 2. The third kappa shape index (κ3) is 2.97. The Bertz CT molecular complexity index is 630. The molecule has 0 aliphatic heterocycles. The molecule has 2 N–H and O–H groups in total. The molecule has 1 aromatic carbocycles. The Labute approximate surface area is 119 Å². The molecule has 2 aromatic rings. The quantitative estimate of drug-likeness (QED) is 0.865. The Hall–Kier alpha value is -1.21. The number of aromatic amines is 1. The number of rotatable bonds is 3. The molecule has 2 rings (SSSR count). The molecule has 0 spiro atoms. The van der Waals surface area contributed by atoms with Gasteiger partial charge < -0.3 is 5.32 Å². The highest BCUT2D eigenvalue weighted by molar-refractivity contribution is 9.10. The Morgan fingerprint density at radius 2 is 2.17 bits per heavy atom. The maximum absolute atomic E-state index is 13.1. The van der Waals surface area contributed by atoms with E-state index in [1.165, 1.54) is 18.3 Å². The minimum Gasteiger partial charge on any atom is -0.379 e. The lowest BCUT2D eigenvalue weighted by Crippen LogP contribution is -2.12. The SMILES string of the molecule is O=c1[nH]ncc(NCc2cc(F)ccc2Br)c1Br. The van der Waals surface area contributed by atoms with Crippen LogP contribution in [0.5, 0.6) is 0 Å². The fourth-order valence-corrected chi connectivity index (χ4v) is 2.09. The largest absolute Gasteiger partial charge is 0.379 e. The first-order valence-electron chi connectivity index (χ1n) is 4.99. The first kappa shape index (κ1) is 13.2. The van der Waals surface area contributed by atoms with Crippen LogP contribution in [0.1, 0.15) is 5.56 Å². The summed E-state index contributed by atoms with van der Waals surface area (Å²) in [6.07, 6.45) is 1.48. The van der Waals surface area contributed by atoms with Gasteiger partial charge in [0, 0.05) is 11.0 Å². The zero-order valence-electron chi connectivity index (χ0n) is 9.01. The molecule has 0 aliphatic rings. The molecule has 0 unspecified atom stereocenters. The summed E-state index contributed by atoms with van der Waals surface area (Å²) in [6, 6.07) is 4.43. The van der Waals surface area contributed by atoms with Crippen LogP contribution in [-0.2, 0) is 6.54 Å². The number of benzene rings is 1. The highest BCUT2D eigenvalue weighted by Crippen LogP contribution is 2.21. The van der Waals surface area contributed by atoms with Crippen LogP contribution in [0.2, 0.25) is 0 Å². The number of H-pyrrole nitrogens is 1. The summed E-state index contributed by atoms with van der Waals surface area (Å²) in [5.41, 5.74) is 0.982. The van der Waals surface area contributed by atoms with E-state index in [4.69, 9.17) is 0 Å². The number of hydrogen-bond donors (Lipinski definition) is 2. The van der Waals surface area contributed by atoms with Crippen molar-refractivity contribution in [1.29, 1.82) is 0 Å². The second-order valence-corrected chi connectivity index (χ2v) is 5.16. The van der Waals surface area contributed by atoms with Crippen LogP contribution in [0, 0.1) is 5.82 Å². The normalized spacial score (nSPS) is 10.4. The molecule has 1 aromatic heterocycles. The molecule has 0 atom stereocenters. The highest BCUT2D eigenvalue weighted by Gasteiger charge is 2.06. The molecule has 7 heteroatoms. The van der Waals surface area contributed by atoms with Crippen molar-refractivity contribution in [2.24, 2.45) is 0 Å². The monoisotopic (exact) mass is 375 g/mol. The van der Waals surface area contributed by atoms with Crippen molar-refractivity contribution in [3.63, 3.8) is 0 Å². The molecule has 0 fully saturated rings. The van der Waals surface area contributed by atoms with Crippen LogP contribution in [-0.4, -0.2) is 10.2 Å². The molecule has 1 heterocycles. The van der Waals surface area contributed by atoms with E-state index in [0.717, 1.165) is 10.0 Å². The number of hydrogen-bond acceptors (Lipinski definition) is 3. The lowest BCUT2D eigenvalue weighted by atomic mass is 10.2. The van der Waals surface area contributed by atoms with E-state index in [2.05, 4.69) is 47.4 Å². The lowest BCUT2D eigenvalue weighted by Gasteiger charge is -2.08. The molecule has 0 saturated carbocycles. The first-order chi connectivity index (χ1) is 8.58. The van der Waals surface area contributed by atoms with Crippen molar-refractivity contribution in [2.75, 3.05) is 5.32 Å². The van der Waals surface area contributed by atoms with Crippen LogP contribution >= 0.6 is 31.9 Å². The van der Waals surface area contributed by atoms with Crippen LogP contribution in [0.3, 0.4) is 0 Å². The summed E-state index contributed by atoms with van der Waals surface area (Å²) in [5.74, 6) is -0.307. The fourth-order valence-electron chi connectivity index (χ4n) is 1.38. The van der Waals surface area contributed by atoms with Crippen LogP contribution in [0.15, 0.2) is 38.1 Å². The van der Waals surface area contributed by atoms with Gasteiger partial charge in [-0.05, 0) is 39.7 Å². The summed E-state index contributed by atoms with van der Waals surface area (Å²) < 4.78 is 14.3. The van der Waals surface area contributed by atoms with Crippen molar-refractivity contribution < 1.29 is 4.39 Å². The van der Waals surface area contributed by atoms with Gasteiger partial charge in [-0.1, -0.05) is 15.9 Å². The van der Waals surface area contributed by atoms with Gasteiger partial charge in [0.2, 0.25) is 0 Å². The van der Waals surface area contributed by atoms with E-state index in [9.17, 15) is 9.18 Å². The molecule has 0 bridgehead atoms. The Morgan fingerprint density at radius 3 is 2.94 bits per heavy atom. The van der Waals surface area contributed by atoms with Crippen molar-refractivity contribution in [3.05, 3.63) is 55.1 Å². The van der Waals surface area contributed by atoms with Crippen molar-refractivity contribution in [1.82, 2.24) is 10.2 Å². The van der Waals surface area contributed by atoms with E-state index in [1.54, 1.807) is 6.07 Å². The van der Waals surface area contributed by atoms with Crippen LogP contribution in [0.4, 0.5) is 10.1 Å². The van der Waals surface area contributed by atoms with E-state index < -0.39 is 0 Å². The maximum Gasteiger partial charge on any atom is 0.280 e. The van der Waals surface area contributed by atoms with Gasteiger partial charge in [0.15, 0.2) is 0 Å². The lowest BCUT2D eigenvalue weighted by molar-refractivity contribution is 0.625. The zero-order chi connectivity index (χ0) is 13.1. The minimum absolute atomic E-state index is 0.307. The standard InChI is InChI=1S/C11H8Br2FN3O/c12-8-2-1-7(14)3-6(8)4-15-9-5-16-17-11(18)10(9)13/h1-3,5H,4H2,(H2,15,17,18). The predicted molar refractivity (Wildman–Crippen MR) is 74.0 cm³/mol. The molecule has 18 heavy (non-hydrogen) atoms. The Morgan fingerprint density at radius 1 is 1.39 bits per heavy atom. The van der Waals surface area contributed by atoms with E-state index in [1.807, 2.05) is 0 Å². The zero-order valence-corrected chi connectivity index (χ0v) is 12.2. The predicted octanol–water partition coefficient (Wildman–Crippen LogP) is 3.05. The molecular formula is C11H8Br2FN3O. The summed E-state index contributed by atoms with van der Waals surface area (Å²) >= 11 is 6.49. The van der Waals surface area contributed by atoms with Gasteiger partial charge in [0.1, 0.15) is 10.3 Å². The number of anilines is 1. The van der Waals surface area contributed by atoms with E-state index in [-0.39, 0.29) is 11.4 Å². The van der Waals surface area contributed by atoms with Gasteiger partial charge in [0.05, 0.1) is 11.9 Å². The topological polar surface area (TPSA) is 57.8 Å². The molecule has 4 nitrogen and oxygen atoms in total. The van der Waals surface area contributed by atoms with Crippen LogP contribution < -0.4 is 10.9 Å². The molecule has 94 valence electrons. The summed E-state index contributed by atoms with van der Waals surface area (Å²) in [6.45, 7) is 0.377. The third-order valence-corrected chi connectivity index (χ3v) is 3.83. The summed E-state index contributed by atoms with van der Waals surface area (Å²) in [4.78, 5) is 11.3.